The summed E-state index contributed by atoms with van der Waals surface area (Å²) < 4.78 is 1.63. The summed E-state index contributed by atoms with van der Waals surface area (Å²) in [5.74, 6) is 0. The van der Waals surface area contributed by atoms with E-state index in [0.717, 1.165) is 16.7 Å². The number of aromatic amines is 1. The topological polar surface area (TPSA) is 63.6 Å². The van der Waals surface area contributed by atoms with Gasteiger partial charge in [-0.3, -0.25) is 14.5 Å². The van der Waals surface area contributed by atoms with Gasteiger partial charge >= 0.3 is 0 Å². The van der Waals surface area contributed by atoms with Crippen molar-refractivity contribution >= 4 is 10.9 Å². The summed E-state index contributed by atoms with van der Waals surface area (Å²) in [6, 6.07) is 15.5. The van der Waals surface area contributed by atoms with Crippen molar-refractivity contribution < 1.29 is 0 Å². The summed E-state index contributed by atoms with van der Waals surface area (Å²) in [5.41, 5.74) is 3.70. The van der Waals surface area contributed by atoms with Crippen LogP contribution in [0.5, 0.6) is 0 Å². The molecule has 0 aliphatic rings. The van der Waals surface area contributed by atoms with Crippen molar-refractivity contribution in [3.63, 3.8) is 0 Å². The predicted octanol–water partition coefficient (Wildman–Crippen LogP) is 2.83. The van der Waals surface area contributed by atoms with Gasteiger partial charge in [-0.25, -0.2) is 4.98 Å². The summed E-state index contributed by atoms with van der Waals surface area (Å²) in [6.07, 6.45) is 5.17. The van der Waals surface area contributed by atoms with Crippen molar-refractivity contribution in [1.82, 2.24) is 19.7 Å². The first-order valence-corrected chi connectivity index (χ1v) is 7.33. The van der Waals surface area contributed by atoms with Gasteiger partial charge in [0.05, 0.1) is 30.0 Å². The first-order chi connectivity index (χ1) is 11.3. The number of fused-ring (bicyclic) bond motifs is 1. The van der Waals surface area contributed by atoms with Crippen LogP contribution in [0.4, 0.5) is 0 Å². The molecule has 0 spiro atoms. The lowest BCUT2D eigenvalue weighted by Crippen LogP contribution is -2.21. The van der Waals surface area contributed by atoms with Gasteiger partial charge in [0.25, 0.3) is 5.56 Å². The molecule has 1 N–H and O–H groups in total. The van der Waals surface area contributed by atoms with E-state index in [1.165, 1.54) is 0 Å². The maximum atomic E-state index is 12.6. The molecule has 23 heavy (non-hydrogen) atoms. The fourth-order valence-corrected chi connectivity index (χ4v) is 2.64. The monoisotopic (exact) mass is 302 g/mol. The molecule has 0 saturated heterocycles. The predicted molar refractivity (Wildman–Crippen MR) is 89.1 cm³/mol. The van der Waals surface area contributed by atoms with Gasteiger partial charge in [0.1, 0.15) is 0 Å². The van der Waals surface area contributed by atoms with Gasteiger partial charge in [-0.05, 0) is 23.3 Å². The van der Waals surface area contributed by atoms with Crippen molar-refractivity contribution in [1.29, 1.82) is 0 Å². The Labute approximate surface area is 132 Å². The number of H-pyrrole nitrogens is 1. The molecule has 5 nitrogen and oxygen atoms in total. The molecule has 4 aromatic rings. The van der Waals surface area contributed by atoms with E-state index in [1.54, 1.807) is 17.1 Å². The fraction of sp³-hybridized carbons (Fsp3) is 0.0556. The third kappa shape index (κ3) is 2.53. The van der Waals surface area contributed by atoms with Gasteiger partial charge < -0.3 is 0 Å². The van der Waals surface area contributed by atoms with Gasteiger partial charge in [-0.2, -0.15) is 5.10 Å². The van der Waals surface area contributed by atoms with Crippen molar-refractivity contribution in [2.75, 3.05) is 0 Å². The van der Waals surface area contributed by atoms with E-state index >= 15 is 0 Å². The van der Waals surface area contributed by atoms with Gasteiger partial charge in [-0.1, -0.05) is 36.4 Å². The van der Waals surface area contributed by atoms with E-state index < -0.39 is 0 Å². The molecule has 0 aliphatic carbocycles. The molecule has 0 atom stereocenters. The molecular weight excluding hydrogens is 288 g/mol. The lowest BCUT2D eigenvalue weighted by Gasteiger charge is -2.07. The summed E-state index contributed by atoms with van der Waals surface area (Å²) in [6.45, 7) is 0.520. The zero-order chi connectivity index (χ0) is 15.6. The van der Waals surface area contributed by atoms with E-state index in [2.05, 4.69) is 15.2 Å². The molecule has 5 heteroatoms. The van der Waals surface area contributed by atoms with Crippen LogP contribution >= 0.6 is 0 Å². The van der Waals surface area contributed by atoms with E-state index in [0.29, 0.717) is 17.4 Å². The number of hydrogen-bond acceptors (Lipinski definition) is 3. The maximum absolute atomic E-state index is 12.6. The van der Waals surface area contributed by atoms with Crippen molar-refractivity contribution in [3.05, 3.63) is 83.2 Å². The van der Waals surface area contributed by atoms with Crippen molar-refractivity contribution in [2.24, 2.45) is 0 Å². The van der Waals surface area contributed by atoms with Crippen LogP contribution in [0.3, 0.4) is 0 Å². The zero-order valence-electron chi connectivity index (χ0n) is 12.3. The number of hydrogen-bond donors (Lipinski definition) is 1. The Morgan fingerprint density at radius 3 is 2.70 bits per heavy atom. The molecule has 2 aromatic heterocycles. The minimum atomic E-state index is -0.0300. The Morgan fingerprint density at radius 2 is 1.91 bits per heavy atom. The van der Waals surface area contributed by atoms with Gasteiger partial charge in [-0.15, -0.1) is 0 Å². The van der Waals surface area contributed by atoms with Crippen molar-refractivity contribution in [3.8, 4) is 11.1 Å². The fourth-order valence-electron chi connectivity index (χ4n) is 2.64. The highest BCUT2D eigenvalue weighted by atomic mass is 16.1. The Hall–Kier alpha value is -3.21. The molecule has 4 rings (SSSR count). The highest BCUT2D eigenvalue weighted by Crippen LogP contribution is 2.20. The Balaban J connectivity index is 1.77. The number of aromatic nitrogens is 4. The second-order valence-corrected chi connectivity index (χ2v) is 5.38. The minimum Gasteiger partial charge on any atom is -0.294 e. The first kappa shape index (κ1) is 13.5. The smallest absolute Gasteiger partial charge is 0.261 e. The average Bonchev–Trinajstić information content (AvgIpc) is 3.13. The lowest BCUT2D eigenvalue weighted by atomic mass is 10.1. The molecule has 0 fully saturated rings. The Morgan fingerprint density at radius 1 is 1.04 bits per heavy atom. The molecule has 2 aromatic carbocycles. The van der Waals surface area contributed by atoms with Crippen LogP contribution in [0.15, 0.2) is 72.0 Å². The number of nitrogens with zero attached hydrogens (tertiary/aromatic N) is 3. The molecule has 0 bridgehead atoms. The average molecular weight is 302 g/mol. The number of nitrogens with one attached hydrogen (secondary N) is 1. The van der Waals surface area contributed by atoms with Crippen LogP contribution in [0.25, 0.3) is 22.0 Å². The SMILES string of the molecule is O=c1c2ccc(-c3cn[nH]c3)cc2ncn1Cc1ccccc1. The molecule has 0 saturated carbocycles. The highest BCUT2D eigenvalue weighted by Gasteiger charge is 2.07. The van der Waals surface area contributed by atoms with Crippen LogP contribution in [0.1, 0.15) is 5.56 Å². The molecular formula is C18H14N4O. The second kappa shape index (κ2) is 5.53. The maximum Gasteiger partial charge on any atom is 0.261 e. The third-order valence-electron chi connectivity index (χ3n) is 3.85. The molecule has 0 amide bonds. The Bertz CT molecular complexity index is 1000. The molecule has 0 radical (unpaired) electrons. The normalized spacial score (nSPS) is 11.0. The summed E-state index contributed by atoms with van der Waals surface area (Å²) in [4.78, 5) is 17.1. The second-order valence-electron chi connectivity index (χ2n) is 5.38. The van der Waals surface area contributed by atoms with Gasteiger partial charge in [0.15, 0.2) is 0 Å². The molecule has 0 aliphatic heterocycles. The zero-order valence-corrected chi connectivity index (χ0v) is 12.3. The molecule has 0 unspecified atom stereocenters. The quantitative estimate of drug-likeness (QED) is 0.633. The molecule has 112 valence electrons. The van der Waals surface area contributed by atoms with Crippen LogP contribution in [-0.2, 0) is 6.54 Å². The largest absolute Gasteiger partial charge is 0.294 e. The van der Waals surface area contributed by atoms with E-state index in [1.807, 2.05) is 54.7 Å². The van der Waals surface area contributed by atoms with E-state index in [-0.39, 0.29) is 5.56 Å². The first-order valence-electron chi connectivity index (χ1n) is 7.33. The van der Waals surface area contributed by atoms with Crippen LogP contribution in [0, 0.1) is 0 Å². The molecule has 2 heterocycles. The summed E-state index contributed by atoms with van der Waals surface area (Å²) in [5, 5.41) is 7.35. The minimum absolute atomic E-state index is 0.0300. The number of benzene rings is 2. The van der Waals surface area contributed by atoms with Crippen LogP contribution in [-0.4, -0.2) is 19.7 Å². The van der Waals surface area contributed by atoms with Gasteiger partial charge in [0, 0.05) is 11.8 Å². The van der Waals surface area contributed by atoms with Crippen LogP contribution in [0.2, 0.25) is 0 Å². The lowest BCUT2D eigenvalue weighted by molar-refractivity contribution is 0.748. The summed E-state index contributed by atoms with van der Waals surface area (Å²) in [7, 11) is 0. The third-order valence-corrected chi connectivity index (χ3v) is 3.85. The van der Waals surface area contributed by atoms with Crippen molar-refractivity contribution in [2.45, 2.75) is 6.54 Å². The number of rotatable bonds is 3. The standard InChI is InChI=1S/C18H14N4O/c23-18-16-7-6-14(15-9-20-21-10-15)8-17(16)19-12-22(18)11-13-4-2-1-3-5-13/h1-10,12H,11H2,(H,20,21). The summed E-state index contributed by atoms with van der Waals surface area (Å²) >= 11 is 0. The highest BCUT2D eigenvalue weighted by molar-refractivity contribution is 5.83. The Kier molecular flexibility index (Phi) is 3.24. The van der Waals surface area contributed by atoms with E-state index in [9.17, 15) is 4.79 Å². The van der Waals surface area contributed by atoms with Crippen LogP contribution < -0.4 is 5.56 Å². The van der Waals surface area contributed by atoms with E-state index in [4.69, 9.17) is 0 Å². The van der Waals surface area contributed by atoms with Gasteiger partial charge in [0.2, 0.25) is 0 Å².